The van der Waals surface area contributed by atoms with E-state index in [4.69, 9.17) is 27.9 Å². The number of ether oxygens (including phenoxy) is 1. The molecule has 6 nitrogen and oxygen atoms in total. The Morgan fingerprint density at radius 3 is 2.52 bits per heavy atom. The monoisotopic (exact) mass is 462 g/mol. The quantitative estimate of drug-likeness (QED) is 0.725. The number of amides is 1. The highest BCUT2D eigenvalue weighted by molar-refractivity contribution is 6.42. The van der Waals surface area contributed by atoms with Crippen molar-refractivity contribution in [3.05, 3.63) is 57.1 Å². The zero-order valence-electron chi connectivity index (χ0n) is 17.7. The van der Waals surface area contributed by atoms with E-state index in [0.717, 1.165) is 68.8 Å². The van der Waals surface area contributed by atoms with Crippen LogP contribution in [0.2, 0.25) is 10.0 Å². The van der Waals surface area contributed by atoms with E-state index in [1.54, 1.807) is 6.07 Å². The Bertz CT molecular complexity index is 926. The van der Waals surface area contributed by atoms with E-state index in [1.165, 1.54) is 6.33 Å². The van der Waals surface area contributed by atoms with Crippen LogP contribution in [0.15, 0.2) is 24.5 Å². The van der Waals surface area contributed by atoms with Crippen molar-refractivity contribution in [3.8, 4) is 0 Å². The zero-order chi connectivity index (χ0) is 21.8. The second-order valence-corrected chi connectivity index (χ2v) is 9.15. The van der Waals surface area contributed by atoms with Gasteiger partial charge in [-0.1, -0.05) is 29.3 Å². The van der Waals surface area contributed by atoms with Crippen LogP contribution in [-0.2, 0) is 11.2 Å². The van der Waals surface area contributed by atoms with Crippen LogP contribution in [0, 0.1) is 6.92 Å². The SMILES string of the molecule is Cc1c(Cc2ccc(Cl)c(Cl)c2)ncnc1C(=O)N1CCC(NC2CCOCC2)CC1. The third-order valence-corrected chi connectivity index (χ3v) is 6.96. The predicted octanol–water partition coefficient (Wildman–Crippen LogP) is 4.06. The molecule has 0 bridgehead atoms. The number of carbonyl (C=O) groups is 1. The fraction of sp³-hybridized carbons (Fsp3) is 0.522. The van der Waals surface area contributed by atoms with Gasteiger partial charge in [0, 0.05) is 50.4 Å². The van der Waals surface area contributed by atoms with Crippen molar-refractivity contribution in [2.45, 2.75) is 51.1 Å². The first-order valence-corrected chi connectivity index (χ1v) is 11.6. The molecule has 8 heteroatoms. The number of carbonyl (C=O) groups excluding carboxylic acids is 1. The predicted molar refractivity (Wildman–Crippen MR) is 122 cm³/mol. The van der Waals surface area contributed by atoms with Crippen LogP contribution >= 0.6 is 23.2 Å². The Morgan fingerprint density at radius 2 is 1.81 bits per heavy atom. The number of hydrogen-bond acceptors (Lipinski definition) is 5. The summed E-state index contributed by atoms with van der Waals surface area (Å²) in [4.78, 5) is 23.8. The molecule has 1 amide bonds. The topological polar surface area (TPSA) is 67.4 Å². The van der Waals surface area contributed by atoms with E-state index in [0.29, 0.717) is 34.2 Å². The van der Waals surface area contributed by atoms with Gasteiger partial charge in [-0.2, -0.15) is 0 Å². The molecule has 2 aliphatic rings. The van der Waals surface area contributed by atoms with E-state index in [2.05, 4.69) is 15.3 Å². The Kier molecular flexibility index (Phi) is 7.43. The number of nitrogens with zero attached hydrogens (tertiary/aromatic N) is 3. The minimum Gasteiger partial charge on any atom is -0.381 e. The summed E-state index contributed by atoms with van der Waals surface area (Å²) in [6, 6.07) is 6.54. The van der Waals surface area contributed by atoms with E-state index >= 15 is 0 Å². The fourth-order valence-corrected chi connectivity index (χ4v) is 4.64. The molecule has 2 aliphatic heterocycles. The summed E-state index contributed by atoms with van der Waals surface area (Å²) >= 11 is 12.2. The molecule has 166 valence electrons. The van der Waals surface area contributed by atoms with Crippen molar-refractivity contribution in [1.82, 2.24) is 20.2 Å². The van der Waals surface area contributed by atoms with Gasteiger partial charge in [0.2, 0.25) is 0 Å². The summed E-state index contributed by atoms with van der Waals surface area (Å²) in [5.41, 5.74) is 3.13. The van der Waals surface area contributed by atoms with Gasteiger partial charge < -0.3 is 15.0 Å². The third kappa shape index (κ3) is 5.55. The molecule has 2 saturated heterocycles. The third-order valence-electron chi connectivity index (χ3n) is 6.22. The number of rotatable bonds is 5. The first kappa shape index (κ1) is 22.5. The number of nitrogens with one attached hydrogen (secondary N) is 1. The second kappa shape index (κ2) is 10.3. The van der Waals surface area contributed by atoms with Gasteiger partial charge >= 0.3 is 0 Å². The van der Waals surface area contributed by atoms with Crippen molar-refractivity contribution < 1.29 is 9.53 Å². The van der Waals surface area contributed by atoms with Crippen molar-refractivity contribution >= 4 is 29.1 Å². The van der Waals surface area contributed by atoms with Crippen molar-refractivity contribution in [3.63, 3.8) is 0 Å². The van der Waals surface area contributed by atoms with Gasteiger partial charge in [0.15, 0.2) is 0 Å². The highest BCUT2D eigenvalue weighted by Crippen LogP contribution is 2.25. The largest absolute Gasteiger partial charge is 0.381 e. The molecule has 2 fully saturated rings. The highest BCUT2D eigenvalue weighted by Gasteiger charge is 2.27. The molecule has 1 aromatic heterocycles. The molecule has 4 rings (SSSR count). The van der Waals surface area contributed by atoms with Gasteiger partial charge in [-0.25, -0.2) is 9.97 Å². The normalized spacial score (nSPS) is 18.4. The number of aromatic nitrogens is 2. The summed E-state index contributed by atoms with van der Waals surface area (Å²) in [5, 5.41) is 4.79. The van der Waals surface area contributed by atoms with Crippen LogP contribution in [0.4, 0.5) is 0 Å². The molecule has 3 heterocycles. The van der Waals surface area contributed by atoms with Crippen molar-refractivity contribution in [2.75, 3.05) is 26.3 Å². The van der Waals surface area contributed by atoms with Crippen LogP contribution in [0.3, 0.4) is 0 Å². The second-order valence-electron chi connectivity index (χ2n) is 8.34. The number of likely N-dealkylation sites (tertiary alicyclic amines) is 1. The maximum Gasteiger partial charge on any atom is 0.272 e. The number of piperidine rings is 1. The van der Waals surface area contributed by atoms with Crippen LogP contribution in [-0.4, -0.2) is 59.2 Å². The van der Waals surface area contributed by atoms with Crippen LogP contribution in [0.25, 0.3) is 0 Å². The van der Waals surface area contributed by atoms with Gasteiger partial charge in [-0.3, -0.25) is 4.79 Å². The van der Waals surface area contributed by atoms with Crippen LogP contribution < -0.4 is 5.32 Å². The smallest absolute Gasteiger partial charge is 0.272 e. The molecule has 0 aliphatic carbocycles. The molecule has 2 aromatic rings. The van der Waals surface area contributed by atoms with Crippen LogP contribution in [0.1, 0.15) is 53.0 Å². The molecule has 0 spiro atoms. The van der Waals surface area contributed by atoms with Gasteiger partial charge in [-0.15, -0.1) is 0 Å². The Hall–Kier alpha value is -1.73. The lowest BCUT2D eigenvalue weighted by Gasteiger charge is -2.35. The van der Waals surface area contributed by atoms with Gasteiger partial charge in [0.1, 0.15) is 12.0 Å². The molecule has 31 heavy (non-hydrogen) atoms. The molecule has 0 radical (unpaired) electrons. The van der Waals surface area contributed by atoms with Gasteiger partial charge in [-0.05, 0) is 50.3 Å². The van der Waals surface area contributed by atoms with Gasteiger partial charge in [0.05, 0.1) is 15.7 Å². The van der Waals surface area contributed by atoms with Crippen LogP contribution in [0.5, 0.6) is 0 Å². The average molecular weight is 463 g/mol. The summed E-state index contributed by atoms with van der Waals surface area (Å²) in [5.74, 6) is -0.0141. The highest BCUT2D eigenvalue weighted by atomic mass is 35.5. The molecular formula is C23H28Cl2N4O2. The summed E-state index contributed by atoms with van der Waals surface area (Å²) in [6.45, 7) is 5.08. The zero-order valence-corrected chi connectivity index (χ0v) is 19.3. The van der Waals surface area contributed by atoms with E-state index in [9.17, 15) is 4.79 Å². The number of halogens is 2. The maximum atomic E-state index is 13.2. The lowest BCUT2D eigenvalue weighted by Crippen LogP contribution is -2.49. The fourth-order valence-electron chi connectivity index (χ4n) is 4.32. The first-order chi connectivity index (χ1) is 15.0. The Labute approximate surface area is 193 Å². The summed E-state index contributed by atoms with van der Waals surface area (Å²) in [6.07, 6.45) is 6.11. The maximum absolute atomic E-state index is 13.2. The molecule has 1 N–H and O–H groups in total. The summed E-state index contributed by atoms with van der Waals surface area (Å²) < 4.78 is 5.44. The molecule has 1 aromatic carbocycles. The van der Waals surface area contributed by atoms with Crippen molar-refractivity contribution in [1.29, 1.82) is 0 Å². The Morgan fingerprint density at radius 1 is 1.10 bits per heavy atom. The summed E-state index contributed by atoms with van der Waals surface area (Å²) in [7, 11) is 0. The first-order valence-electron chi connectivity index (χ1n) is 10.9. The molecule has 0 saturated carbocycles. The minimum atomic E-state index is -0.0141. The minimum absolute atomic E-state index is 0.0141. The standard InChI is InChI=1S/C23H28Cl2N4O2/c1-15-21(13-16-2-3-19(24)20(25)12-16)26-14-27-22(15)23(30)29-8-4-17(5-9-29)28-18-6-10-31-11-7-18/h2-3,12,14,17-18,28H,4-11,13H2,1H3. The number of hydrogen-bond donors (Lipinski definition) is 1. The average Bonchev–Trinajstić information content (AvgIpc) is 2.78. The molecule has 0 atom stereocenters. The Balaban J connectivity index is 1.38. The van der Waals surface area contributed by atoms with Crippen molar-refractivity contribution in [2.24, 2.45) is 0 Å². The van der Waals surface area contributed by atoms with E-state index in [1.807, 2.05) is 24.0 Å². The van der Waals surface area contributed by atoms with E-state index in [-0.39, 0.29) is 5.91 Å². The molecule has 0 unspecified atom stereocenters. The molecular weight excluding hydrogens is 435 g/mol. The lowest BCUT2D eigenvalue weighted by atomic mass is 10.00. The van der Waals surface area contributed by atoms with E-state index < -0.39 is 0 Å². The number of benzene rings is 1. The lowest BCUT2D eigenvalue weighted by molar-refractivity contribution is 0.0628. The van der Waals surface area contributed by atoms with Gasteiger partial charge in [0.25, 0.3) is 5.91 Å².